The molecule has 0 aliphatic heterocycles. The molecule has 0 heterocycles. The van der Waals surface area contributed by atoms with E-state index in [-0.39, 0.29) is 0 Å². The lowest BCUT2D eigenvalue weighted by Crippen LogP contribution is -2.28. The Hall–Kier alpha value is 0.130. The van der Waals surface area contributed by atoms with Gasteiger partial charge in [0.1, 0.15) is 0 Å². The highest BCUT2D eigenvalue weighted by Gasteiger charge is 2.55. The summed E-state index contributed by atoms with van der Waals surface area (Å²) < 4.78 is 67.7. The van der Waals surface area contributed by atoms with Crippen LogP contribution in [0.4, 0.5) is 13.2 Å². The summed E-state index contributed by atoms with van der Waals surface area (Å²) in [6.07, 6.45) is 12.6. The van der Waals surface area contributed by atoms with Crippen LogP contribution in [0.2, 0.25) is 0 Å². The van der Waals surface area contributed by atoms with Crippen molar-refractivity contribution in [1.29, 1.82) is 0 Å². The first-order valence-corrected chi connectivity index (χ1v) is 14.2. The van der Waals surface area contributed by atoms with Gasteiger partial charge in [-0.05, 0) is 38.5 Å². The first-order chi connectivity index (χ1) is 12.6. The zero-order valence-corrected chi connectivity index (χ0v) is 19.0. The lowest BCUT2D eigenvalue weighted by molar-refractivity contribution is -0.0498. The monoisotopic (exact) mass is 435 g/mol. The molecule has 0 spiro atoms. The van der Waals surface area contributed by atoms with Gasteiger partial charge >= 0.3 is 15.6 Å². The lowest BCUT2D eigenvalue weighted by atomic mass is 10.2. The van der Waals surface area contributed by atoms with Crippen LogP contribution in [-0.4, -0.2) is 32.4 Å². The number of rotatable bonds is 17. The van der Waals surface area contributed by atoms with Gasteiger partial charge in [0, 0.05) is 0 Å². The Bertz CT molecular complexity index is 436. The molecule has 0 aliphatic rings. The van der Waals surface area contributed by atoms with Crippen LogP contribution in [0, 0.1) is 0 Å². The van der Waals surface area contributed by atoms with Gasteiger partial charge in [-0.25, -0.2) is 0 Å². The molecule has 0 unspecified atom stereocenters. The minimum atomic E-state index is -5.53. The number of alkyl halides is 3. The first-order valence-electron chi connectivity index (χ1n) is 10.5. The molecule has 0 aromatic carbocycles. The van der Waals surface area contributed by atoms with Crippen LogP contribution < -0.4 is 0 Å². The quantitative estimate of drug-likeness (QED) is 0.135. The Balaban J connectivity index is 5.32. The summed E-state index contributed by atoms with van der Waals surface area (Å²) in [4.78, 5) is 0. The molecule has 0 aromatic rings. The summed E-state index contributed by atoms with van der Waals surface area (Å²) in [7, 11) is -8.18. The van der Waals surface area contributed by atoms with E-state index in [0.29, 0.717) is 18.5 Å². The van der Waals surface area contributed by atoms with Gasteiger partial charge in [-0.3, -0.25) is 0 Å². The van der Waals surface area contributed by atoms with Crippen LogP contribution >= 0.6 is 7.49 Å². The molecular formula is C19H39F3O3PS+. The maximum Gasteiger partial charge on any atom is 0.526 e. The van der Waals surface area contributed by atoms with Crippen molar-refractivity contribution in [1.82, 2.24) is 0 Å². The molecule has 0 radical (unpaired) electrons. The van der Waals surface area contributed by atoms with Crippen molar-refractivity contribution in [2.75, 3.05) is 18.5 Å². The molecule has 0 atom stereocenters. The second-order valence-corrected chi connectivity index (χ2v) is 12.8. The second-order valence-electron chi connectivity index (χ2n) is 7.39. The molecule has 0 saturated heterocycles. The zero-order chi connectivity index (χ0) is 20.8. The average molecular weight is 436 g/mol. The van der Waals surface area contributed by atoms with Crippen molar-refractivity contribution in [3.63, 3.8) is 0 Å². The molecule has 0 aliphatic carbocycles. The molecule has 0 fully saturated rings. The summed E-state index contributed by atoms with van der Waals surface area (Å²) in [5.41, 5.74) is -5.34. The highest BCUT2D eigenvalue weighted by atomic mass is 32.2. The topological polar surface area (TPSA) is 43.4 Å². The van der Waals surface area contributed by atoms with Crippen LogP contribution in [0.1, 0.15) is 97.8 Å². The molecule has 0 aromatic heterocycles. The predicted molar refractivity (Wildman–Crippen MR) is 110 cm³/mol. The highest BCUT2D eigenvalue weighted by molar-refractivity contribution is 7.94. The van der Waals surface area contributed by atoms with Gasteiger partial charge < -0.3 is 0 Å². The largest absolute Gasteiger partial charge is 0.526 e. The number of hydrogen-bond donors (Lipinski definition) is 0. The third-order valence-electron chi connectivity index (χ3n) is 4.80. The fraction of sp³-hybridized carbons (Fsp3) is 1.00. The van der Waals surface area contributed by atoms with E-state index >= 15 is 0 Å². The van der Waals surface area contributed by atoms with Crippen molar-refractivity contribution in [2.24, 2.45) is 0 Å². The van der Waals surface area contributed by atoms with Crippen LogP contribution in [0.5, 0.6) is 0 Å². The molecule has 0 amide bonds. The fourth-order valence-electron chi connectivity index (χ4n) is 3.18. The lowest BCUT2D eigenvalue weighted by Gasteiger charge is -2.26. The van der Waals surface area contributed by atoms with Crippen LogP contribution in [0.3, 0.4) is 0 Å². The Kier molecular flexibility index (Phi) is 14.2. The zero-order valence-electron chi connectivity index (χ0n) is 17.3. The molecule has 8 heteroatoms. The maximum atomic E-state index is 13.0. The van der Waals surface area contributed by atoms with E-state index < -0.39 is 23.1 Å². The van der Waals surface area contributed by atoms with Crippen molar-refractivity contribution in [2.45, 2.75) is 103 Å². The highest BCUT2D eigenvalue weighted by Crippen LogP contribution is 2.64. The van der Waals surface area contributed by atoms with E-state index in [1.807, 2.05) is 0 Å². The van der Waals surface area contributed by atoms with Gasteiger partial charge in [-0.1, -0.05) is 59.3 Å². The van der Waals surface area contributed by atoms with E-state index in [1.54, 1.807) is 0 Å². The average Bonchev–Trinajstić information content (AvgIpc) is 2.58. The van der Waals surface area contributed by atoms with Gasteiger partial charge in [0.25, 0.3) is 0 Å². The maximum absolute atomic E-state index is 13.0. The standard InChI is InChI=1S/C19H39F3O3PS/c1-4-7-10-13-16-26(17-14-11-8-5-2,18-15-12-9-6-3)25-27(23,24)19(20,21)22/h4-18H2,1-3H3/q+1. The third-order valence-corrected chi connectivity index (χ3v) is 10.8. The number of halogens is 3. The summed E-state index contributed by atoms with van der Waals surface area (Å²) in [5.74, 6) is 0. The summed E-state index contributed by atoms with van der Waals surface area (Å²) >= 11 is 0. The number of hydrogen-bond acceptors (Lipinski definition) is 3. The Labute approximate surface area is 165 Å². The van der Waals surface area contributed by atoms with E-state index in [0.717, 1.165) is 77.0 Å². The third kappa shape index (κ3) is 11.7. The molecule has 3 nitrogen and oxygen atoms in total. The molecule has 0 bridgehead atoms. The van der Waals surface area contributed by atoms with E-state index in [4.69, 9.17) is 3.97 Å². The smallest absolute Gasteiger partial charge is 0.186 e. The Morgan fingerprint density at radius 1 is 0.667 bits per heavy atom. The molecule has 0 N–H and O–H groups in total. The molecule has 0 rings (SSSR count). The van der Waals surface area contributed by atoms with Gasteiger partial charge in [0.15, 0.2) is 7.49 Å². The second kappa shape index (κ2) is 14.2. The first kappa shape index (κ1) is 27.1. The van der Waals surface area contributed by atoms with Crippen LogP contribution in [0.15, 0.2) is 0 Å². The molecule has 0 saturated carbocycles. The number of unbranched alkanes of at least 4 members (excludes halogenated alkanes) is 9. The summed E-state index contributed by atoms with van der Waals surface area (Å²) in [6.45, 7) is 6.22. The minimum absolute atomic E-state index is 0.487. The predicted octanol–water partition coefficient (Wildman–Crippen LogP) is 7.53. The van der Waals surface area contributed by atoms with E-state index in [9.17, 15) is 21.6 Å². The molecule has 164 valence electrons. The Morgan fingerprint density at radius 2 is 1.00 bits per heavy atom. The normalized spacial score (nSPS) is 13.3. The van der Waals surface area contributed by atoms with Gasteiger partial charge in [-0.2, -0.15) is 21.6 Å². The van der Waals surface area contributed by atoms with Crippen molar-refractivity contribution < 1.29 is 25.6 Å². The van der Waals surface area contributed by atoms with E-state index in [2.05, 4.69) is 20.8 Å². The fourth-order valence-corrected chi connectivity index (χ4v) is 9.15. The molecular weight excluding hydrogens is 396 g/mol. The van der Waals surface area contributed by atoms with Gasteiger partial charge in [0.2, 0.25) is 0 Å². The molecule has 27 heavy (non-hydrogen) atoms. The Morgan fingerprint density at radius 3 is 1.26 bits per heavy atom. The van der Waals surface area contributed by atoms with Gasteiger partial charge in [0.05, 0.1) is 18.5 Å². The van der Waals surface area contributed by atoms with Crippen LogP contribution in [0.25, 0.3) is 0 Å². The minimum Gasteiger partial charge on any atom is -0.186 e. The van der Waals surface area contributed by atoms with Crippen molar-refractivity contribution in [3.05, 3.63) is 0 Å². The van der Waals surface area contributed by atoms with Crippen LogP contribution in [-0.2, 0) is 14.1 Å². The SMILES string of the molecule is CCCCCC[P+](CCCCCC)(CCCCCC)OS(=O)(=O)C(F)(F)F. The van der Waals surface area contributed by atoms with Crippen molar-refractivity contribution >= 4 is 17.6 Å². The summed E-state index contributed by atoms with van der Waals surface area (Å²) in [5, 5.41) is 0. The van der Waals surface area contributed by atoms with Gasteiger partial charge in [-0.15, -0.1) is 3.97 Å². The summed E-state index contributed by atoms with van der Waals surface area (Å²) in [6, 6.07) is 0. The van der Waals surface area contributed by atoms with Crippen molar-refractivity contribution in [3.8, 4) is 0 Å². The van der Waals surface area contributed by atoms with E-state index in [1.165, 1.54) is 0 Å².